The Labute approximate surface area is 152 Å². The van der Waals surface area contributed by atoms with Gasteiger partial charge in [-0.25, -0.2) is 17.2 Å². The highest BCUT2D eigenvalue weighted by Crippen LogP contribution is 2.46. The molecule has 0 aromatic heterocycles. The summed E-state index contributed by atoms with van der Waals surface area (Å²) in [6.45, 7) is 3.58. The molecule has 7 heteroatoms. The maximum atomic E-state index is 14.3. The van der Waals surface area contributed by atoms with Gasteiger partial charge in [-0.3, -0.25) is 4.31 Å². The van der Waals surface area contributed by atoms with Gasteiger partial charge >= 0.3 is 0 Å². The first-order chi connectivity index (χ1) is 12.3. The summed E-state index contributed by atoms with van der Waals surface area (Å²) in [5.74, 6) is -2.08. The van der Waals surface area contributed by atoms with Crippen molar-refractivity contribution in [2.75, 3.05) is 24.4 Å². The molecular formula is C19H21F2N2O2S+. The first kappa shape index (κ1) is 17.4. The van der Waals surface area contributed by atoms with Crippen molar-refractivity contribution in [2.45, 2.75) is 30.2 Å². The van der Waals surface area contributed by atoms with Crippen molar-refractivity contribution in [3.05, 3.63) is 59.2 Å². The number of benzene rings is 2. The van der Waals surface area contributed by atoms with Gasteiger partial charge in [0.2, 0.25) is 0 Å². The number of anilines is 1. The average molecular weight is 379 g/mol. The molecule has 0 bridgehead atoms. The molecule has 2 aliphatic heterocycles. The first-order valence-electron chi connectivity index (χ1n) is 8.71. The number of sulfonamides is 1. The molecule has 0 radical (unpaired) electrons. The first-order valence-corrected chi connectivity index (χ1v) is 10.1. The van der Waals surface area contributed by atoms with Gasteiger partial charge in [0, 0.05) is 6.42 Å². The number of piperidine rings is 1. The van der Waals surface area contributed by atoms with Crippen LogP contribution in [0.15, 0.2) is 41.3 Å². The molecule has 26 heavy (non-hydrogen) atoms. The van der Waals surface area contributed by atoms with Crippen LogP contribution in [-0.2, 0) is 10.0 Å². The van der Waals surface area contributed by atoms with Crippen molar-refractivity contribution in [3.8, 4) is 0 Å². The molecule has 0 amide bonds. The minimum Gasteiger partial charge on any atom is -0.337 e. The van der Waals surface area contributed by atoms with Crippen LogP contribution in [0.4, 0.5) is 14.5 Å². The number of likely N-dealkylation sites (N-methyl/N-ethyl adjacent to an activating group) is 1. The number of nitrogens with zero attached hydrogens (tertiary/aromatic N) is 1. The predicted molar refractivity (Wildman–Crippen MR) is 95.0 cm³/mol. The maximum absolute atomic E-state index is 14.3. The summed E-state index contributed by atoms with van der Waals surface area (Å²) in [6.07, 6.45) is 0.652. The monoisotopic (exact) mass is 379 g/mol. The second kappa shape index (κ2) is 6.03. The zero-order valence-electron chi connectivity index (χ0n) is 14.7. The van der Waals surface area contributed by atoms with E-state index in [1.165, 1.54) is 15.3 Å². The molecule has 0 aliphatic carbocycles. The van der Waals surface area contributed by atoms with Crippen molar-refractivity contribution in [1.29, 1.82) is 0 Å². The molecule has 1 fully saturated rings. The molecule has 4 rings (SSSR count). The van der Waals surface area contributed by atoms with Crippen LogP contribution >= 0.6 is 0 Å². The van der Waals surface area contributed by atoms with Crippen LogP contribution < -0.4 is 9.21 Å². The molecule has 1 N–H and O–H groups in total. The standard InChI is InChI=1S/C19H20F2N2O2S/c1-12-6-7-17-13(10-12)14-11-22(2)9-8-18(14)23(17)26(24,25)19-15(20)4-3-5-16(19)21/h3-7,10,14,18H,8-9,11H2,1-2H3/p+1/t14-,18+/m1/s1. The minimum atomic E-state index is -4.34. The highest BCUT2D eigenvalue weighted by molar-refractivity contribution is 7.93. The van der Waals surface area contributed by atoms with E-state index in [1.807, 2.05) is 19.1 Å². The van der Waals surface area contributed by atoms with Crippen LogP contribution in [0.3, 0.4) is 0 Å². The Morgan fingerprint density at radius 2 is 1.85 bits per heavy atom. The molecule has 0 spiro atoms. The number of fused-ring (bicyclic) bond motifs is 3. The molecular weight excluding hydrogens is 358 g/mol. The summed E-state index contributed by atoms with van der Waals surface area (Å²) < 4.78 is 56.4. The summed E-state index contributed by atoms with van der Waals surface area (Å²) in [5, 5.41) is 0. The van der Waals surface area contributed by atoms with Gasteiger partial charge in [0.05, 0.1) is 37.8 Å². The number of likely N-dealkylation sites (tertiary alicyclic amines) is 1. The van der Waals surface area contributed by atoms with E-state index >= 15 is 0 Å². The molecule has 2 aromatic rings. The molecule has 1 saturated heterocycles. The fraction of sp³-hybridized carbons (Fsp3) is 0.368. The lowest BCUT2D eigenvalue weighted by molar-refractivity contribution is -0.886. The van der Waals surface area contributed by atoms with E-state index in [4.69, 9.17) is 0 Å². The van der Waals surface area contributed by atoms with Crippen molar-refractivity contribution >= 4 is 15.7 Å². The van der Waals surface area contributed by atoms with Crippen LogP contribution in [0.1, 0.15) is 23.5 Å². The second-order valence-corrected chi connectivity index (χ2v) is 9.04. The fourth-order valence-corrected chi connectivity index (χ4v) is 6.15. The molecule has 4 nitrogen and oxygen atoms in total. The lowest BCUT2D eigenvalue weighted by Gasteiger charge is -2.34. The molecule has 0 saturated carbocycles. The Morgan fingerprint density at radius 1 is 1.15 bits per heavy atom. The van der Waals surface area contributed by atoms with Crippen LogP contribution in [0.5, 0.6) is 0 Å². The van der Waals surface area contributed by atoms with Crippen molar-refractivity contribution in [1.82, 2.24) is 0 Å². The number of hydrogen-bond acceptors (Lipinski definition) is 2. The molecule has 1 unspecified atom stereocenters. The number of aryl methyl sites for hydroxylation is 1. The minimum absolute atomic E-state index is 0.0308. The summed E-state index contributed by atoms with van der Waals surface area (Å²) in [7, 11) is -2.26. The zero-order valence-corrected chi connectivity index (χ0v) is 15.5. The molecule has 3 atom stereocenters. The Hall–Kier alpha value is -1.99. The van der Waals surface area contributed by atoms with Crippen molar-refractivity contribution in [3.63, 3.8) is 0 Å². The summed E-state index contributed by atoms with van der Waals surface area (Å²) >= 11 is 0. The van der Waals surface area contributed by atoms with E-state index in [0.717, 1.165) is 36.3 Å². The van der Waals surface area contributed by atoms with E-state index in [9.17, 15) is 17.2 Å². The van der Waals surface area contributed by atoms with Gasteiger partial charge < -0.3 is 4.90 Å². The lowest BCUT2D eigenvalue weighted by Crippen LogP contribution is -3.11. The van der Waals surface area contributed by atoms with Crippen LogP contribution in [0.25, 0.3) is 0 Å². The molecule has 2 aromatic carbocycles. The maximum Gasteiger partial charge on any atom is 0.270 e. The van der Waals surface area contributed by atoms with Crippen LogP contribution in [0, 0.1) is 18.6 Å². The van der Waals surface area contributed by atoms with Crippen molar-refractivity contribution in [2.24, 2.45) is 0 Å². The molecule has 2 heterocycles. The number of quaternary nitrogens is 1. The van der Waals surface area contributed by atoms with E-state index in [2.05, 4.69) is 7.05 Å². The number of nitrogens with one attached hydrogen (secondary N) is 1. The molecule has 2 aliphatic rings. The third-order valence-electron chi connectivity index (χ3n) is 5.46. The van der Waals surface area contributed by atoms with E-state index in [1.54, 1.807) is 6.07 Å². The topological polar surface area (TPSA) is 41.8 Å². The highest BCUT2D eigenvalue weighted by atomic mass is 32.2. The highest BCUT2D eigenvalue weighted by Gasteiger charge is 2.49. The Morgan fingerprint density at radius 3 is 2.54 bits per heavy atom. The Bertz CT molecular complexity index is 957. The summed E-state index contributed by atoms with van der Waals surface area (Å²) in [6, 6.07) is 8.43. The summed E-state index contributed by atoms with van der Waals surface area (Å²) in [5.41, 5.74) is 2.54. The number of hydrogen-bond donors (Lipinski definition) is 1. The smallest absolute Gasteiger partial charge is 0.270 e. The predicted octanol–water partition coefficient (Wildman–Crippen LogP) is 1.85. The van der Waals surface area contributed by atoms with Gasteiger partial charge in [0.1, 0.15) is 11.6 Å². The van der Waals surface area contributed by atoms with Gasteiger partial charge in [-0.2, -0.15) is 0 Å². The van der Waals surface area contributed by atoms with Gasteiger partial charge in [-0.1, -0.05) is 23.8 Å². The van der Waals surface area contributed by atoms with Gasteiger partial charge in [-0.05, 0) is 30.7 Å². The van der Waals surface area contributed by atoms with E-state index in [-0.39, 0.29) is 12.0 Å². The van der Waals surface area contributed by atoms with Gasteiger partial charge in [0.25, 0.3) is 10.0 Å². The number of halogens is 2. The van der Waals surface area contributed by atoms with E-state index < -0.39 is 26.6 Å². The quantitative estimate of drug-likeness (QED) is 0.865. The van der Waals surface area contributed by atoms with E-state index in [0.29, 0.717) is 12.1 Å². The zero-order chi connectivity index (χ0) is 18.6. The fourth-order valence-electron chi connectivity index (χ4n) is 4.29. The molecule has 138 valence electrons. The Kier molecular flexibility index (Phi) is 4.04. The summed E-state index contributed by atoms with van der Waals surface area (Å²) in [4.78, 5) is 0.466. The lowest BCUT2D eigenvalue weighted by atomic mass is 9.89. The Balaban J connectivity index is 1.91. The SMILES string of the molecule is Cc1ccc2c(c1)[C@H]1C[NH+](C)CC[C@@H]1N2S(=O)(=O)c1c(F)cccc1F. The number of rotatable bonds is 2. The third-order valence-corrected chi connectivity index (χ3v) is 7.35. The third kappa shape index (κ3) is 2.53. The van der Waals surface area contributed by atoms with Crippen molar-refractivity contribution < 1.29 is 22.1 Å². The van der Waals surface area contributed by atoms with Gasteiger partial charge in [-0.15, -0.1) is 0 Å². The second-order valence-electron chi connectivity index (χ2n) is 7.29. The van der Waals surface area contributed by atoms with Crippen LogP contribution in [-0.4, -0.2) is 34.6 Å². The largest absolute Gasteiger partial charge is 0.337 e. The van der Waals surface area contributed by atoms with Crippen LogP contribution in [0.2, 0.25) is 0 Å². The average Bonchev–Trinajstić information content (AvgIpc) is 2.88. The normalized spacial score (nSPS) is 25.1. The van der Waals surface area contributed by atoms with Gasteiger partial charge in [0.15, 0.2) is 4.90 Å².